The average Bonchev–Trinajstić information content (AvgIpc) is 2.30. The molecule has 0 saturated carbocycles. The van der Waals surface area contributed by atoms with Crippen LogP contribution in [0.4, 0.5) is 0 Å². The van der Waals surface area contributed by atoms with Gasteiger partial charge in [0.05, 0.1) is 0 Å². The van der Waals surface area contributed by atoms with E-state index in [9.17, 15) is 4.79 Å². The number of carbonyl (C=O) groups excluding carboxylic acids is 1. The van der Waals surface area contributed by atoms with Gasteiger partial charge in [-0.3, -0.25) is 9.69 Å². The lowest BCUT2D eigenvalue weighted by Gasteiger charge is -2.34. The number of amides is 1. The van der Waals surface area contributed by atoms with Gasteiger partial charge in [-0.25, -0.2) is 0 Å². The van der Waals surface area contributed by atoms with Gasteiger partial charge < -0.3 is 9.64 Å². The summed E-state index contributed by atoms with van der Waals surface area (Å²) in [6.07, 6.45) is 0.965. The van der Waals surface area contributed by atoms with Gasteiger partial charge in [-0.2, -0.15) is 0 Å². The summed E-state index contributed by atoms with van der Waals surface area (Å²) < 4.78 is 5.26. The van der Waals surface area contributed by atoms with Crippen LogP contribution in [0.15, 0.2) is 0 Å². The van der Waals surface area contributed by atoms with Gasteiger partial charge in [-0.15, -0.1) is 0 Å². The SMILES string of the molecule is CCCOCC(=O)N1CCN(CCBr)CC1. The van der Waals surface area contributed by atoms with Gasteiger partial charge in [0.2, 0.25) is 5.91 Å². The number of alkyl halides is 1. The second-order valence-electron chi connectivity index (χ2n) is 3.96. The highest BCUT2D eigenvalue weighted by atomic mass is 79.9. The monoisotopic (exact) mass is 292 g/mol. The van der Waals surface area contributed by atoms with E-state index in [-0.39, 0.29) is 12.5 Å². The third kappa shape index (κ3) is 4.80. The molecule has 16 heavy (non-hydrogen) atoms. The van der Waals surface area contributed by atoms with Crippen LogP contribution >= 0.6 is 15.9 Å². The van der Waals surface area contributed by atoms with Gasteiger partial charge in [0.1, 0.15) is 6.61 Å². The average molecular weight is 293 g/mol. The Morgan fingerprint density at radius 2 is 2.00 bits per heavy atom. The summed E-state index contributed by atoms with van der Waals surface area (Å²) in [5, 5.41) is 1.00. The van der Waals surface area contributed by atoms with Crippen molar-refractivity contribution < 1.29 is 9.53 Å². The van der Waals surface area contributed by atoms with Crippen LogP contribution in [0.25, 0.3) is 0 Å². The Hall–Kier alpha value is -0.130. The van der Waals surface area contributed by atoms with E-state index in [0.29, 0.717) is 6.61 Å². The van der Waals surface area contributed by atoms with Gasteiger partial charge in [0.15, 0.2) is 0 Å². The molecule has 1 rings (SSSR count). The van der Waals surface area contributed by atoms with Crippen LogP contribution < -0.4 is 0 Å². The molecule has 0 unspecified atom stereocenters. The fraction of sp³-hybridized carbons (Fsp3) is 0.909. The Kier molecular flexibility index (Phi) is 7.00. The topological polar surface area (TPSA) is 32.8 Å². The van der Waals surface area contributed by atoms with Crippen LogP contribution in [-0.4, -0.2) is 67.0 Å². The van der Waals surface area contributed by atoms with Gasteiger partial charge in [0.25, 0.3) is 0 Å². The summed E-state index contributed by atoms with van der Waals surface area (Å²) in [4.78, 5) is 16.0. The standard InChI is InChI=1S/C11H21BrN2O2/c1-2-9-16-10-11(15)14-7-5-13(4-3-12)6-8-14/h2-10H2,1H3. The zero-order valence-electron chi connectivity index (χ0n) is 9.95. The fourth-order valence-corrected chi connectivity index (χ4v) is 2.24. The first-order valence-electron chi connectivity index (χ1n) is 5.91. The highest BCUT2D eigenvalue weighted by Gasteiger charge is 2.20. The zero-order valence-corrected chi connectivity index (χ0v) is 11.5. The molecule has 4 nitrogen and oxygen atoms in total. The van der Waals surface area contributed by atoms with E-state index in [1.54, 1.807) is 0 Å². The molecule has 1 heterocycles. The highest BCUT2D eigenvalue weighted by molar-refractivity contribution is 9.09. The van der Waals surface area contributed by atoms with Crippen LogP contribution in [0, 0.1) is 0 Å². The second kappa shape index (κ2) is 8.03. The van der Waals surface area contributed by atoms with Crippen molar-refractivity contribution in [2.45, 2.75) is 13.3 Å². The van der Waals surface area contributed by atoms with Crippen molar-refractivity contribution >= 4 is 21.8 Å². The number of rotatable bonds is 6. The van der Waals surface area contributed by atoms with E-state index in [0.717, 1.165) is 44.5 Å². The van der Waals surface area contributed by atoms with E-state index in [1.165, 1.54) is 0 Å². The van der Waals surface area contributed by atoms with Gasteiger partial charge in [-0.1, -0.05) is 22.9 Å². The normalized spacial score (nSPS) is 17.8. The quantitative estimate of drug-likeness (QED) is 0.540. The van der Waals surface area contributed by atoms with Crippen molar-refractivity contribution in [1.29, 1.82) is 0 Å². The number of piperazine rings is 1. The summed E-state index contributed by atoms with van der Waals surface area (Å²) in [6, 6.07) is 0. The number of hydrogen-bond donors (Lipinski definition) is 0. The Balaban J connectivity index is 2.17. The fourth-order valence-electron chi connectivity index (χ4n) is 1.74. The molecule has 0 aromatic heterocycles. The van der Waals surface area contributed by atoms with Crippen LogP contribution in [0.2, 0.25) is 0 Å². The predicted octanol–water partition coefficient (Wildman–Crippen LogP) is 0.952. The van der Waals surface area contributed by atoms with Gasteiger partial charge >= 0.3 is 0 Å². The number of carbonyl (C=O) groups is 1. The van der Waals surface area contributed by atoms with Gasteiger partial charge in [-0.05, 0) is 6.42 Å². The maximum atomic E-state index is 11.7. The van der Waals surface area contributed by atoms with E-state index in [1.807, 2.05) is 11.8 Å². The summed E-state index contributed by atoms with van der Waals surface area (Å²) in [6.45, 7) is 7.65. The van der Waals surface area contributed by atoms with E-state index >= 15 is 0 Å². The third-order valence-electron chi connectivity index (χ3n) is 2.70. The number of hydrogen-bond acceptors (Lipinski definition) is 3. The first-order chi connectivity index (χ1) is 7.77. The van der Waals surface area contributed by atoms with Crippen LogP contribution in [0.1, 0.15) is 13.3 Å². The van der Waals surface area contributed by atoms with E-state index in [4.69, 9.17) is 4.74 Å². The number of halogens is 1. The van der Waals surface area contributed by atoms with Crippen LogP contribution in [-0.2, 0) is 9.53 Å². The number of ether oxygens (including phenoxy) is 1. The molecule has 1 aliphatic rings. The molecular formula is C11H21BrN2O2. The molecule has 0 aliphatic carbocycles. The number of nitrogens with zero attached hydrogens (tertiary/aromatic N) is 2. The molecule has 0 N–H and O–H groups in total. The van der Waals surface area contributed by atoms with Crippen LogP contribution in [0.5, 0.6) is 0 Å². The first kappa shape index (κ1) is 13.9. The van der Waals surface area contributed by atoms with Crippen molar-refractivity contribution in [3.8, 4) is 0 Å². The molecule has 1 amide bonds. The summed E-state index contributed by atoms with van der Waals surface area (Å²) in [5.74, 6) is 0.131. The molecule has 94 valence electrons. The van der Waals surface area contributed by atoms with Crippen molar-refractivity contribution in [2.75, 3.05) is 51.3 Å². The largest absolute Gasteiger partial charge is 0.372 e. The molecule has 0 radical (unpaired) electrons. The molecule has 1 aliphatic heterocycles. The Morgan fingerprint density at radius 3 is 2.56 bits per heavy atom. The minimum absolute atomic E-state index is 0.131. The van der Waals surface area contributed by atoms with E-state index in [2.05, 4.69) is 20.8 Å². The van der Waals surface area contributed by atoms with Gasteiger partial charge in [0, 0.05) is 44.7 Å². The van der Waals surface area contributed by atoms with Crippen molar-refractivity contribution in [2.24, 2.45) is 0 Å². The summed E-state index contributed by atoms with van der Waals surface area (Å²) in [7, 11) is 0. The predicted molar refractivity (Wildman–Crippen MR) is 67.9 cm³/mol. The zero-order chi connectivity index (χ0) is 11.8. The highest BCUT2D eigenvalue weighted by Crippen LogP contribution is 2.03. The smallest absolute Gasteiger partial charge is 0.248 e. The molecular weight excluding hydrogens is 272 g/mol. The third-order valence-corrected chi connectivity index (χ3v) is 3.05. The minimum Gasteiger partial charge on any atom is -0.372 e. The molecule has 0 aromatic rings. The molecule has 0 atom stereocenters. The Morgan fingerprint density at radius 1 is 1.31 bits per heavy atom. The van der Waals surface area contributed by atoms with Crippen molar-refractivity contribution in [3.63, 3.8) is 0 Å². The molecule has 1 saturated heterocycles. The molecule has 1 fully saturated rings. The summed E-state index contributed by atoms with van der Waals surface area (Å²) in [5.41, 5.74) is 0. The second-order valence-corrected chi connectivity index (χ2v) is 4.76. The lowest BCUT2D eigenvalue weighted by Crippen LogP contribution is -2.50. The molecule has 0 bridgehead atoms. The van der Waals surface area contributed by atoms with Crippen LogP contribution in [0.3, 0.4) is 0 Å². The summed E-state index contributed by atoms with van der Waals surface area (Å²) >= 11 is 3.43. The van der Waals surface area contributed by atoms with Crippen molar-refractivity contribution in [1.82, 2.24) is 9.80 Å². The molecule has 0 aromatic carbocycles. The Labute approximate surface area is 106 Å². The lowest BCUT2D eigenvalue weighted by atomic mass is 10.3. The Bertz CT molecular complexity index is 206. The maximum absolute atomic E-state index is 11.7. The molecule has 5 heteroatoms. The lowest BCUT2D eigenvalue weighted by molar-refractivity contribution is -0.137. The maximum Gasteiger partial charge on any atom is 0.248 e. The minimum atomic E-state index is 0.131. The van der Waals surface area contributed by atoms with E-state index < -0.39 is 0 Å². The first-order valence-corrected chi connectivity index (χ1v) is 7.04. The van der Waals surface area contributed by atoms with Crippen molar-refractivity contribution in [3.05, 3.63) is 0 Å². The molecule has 0 spiro atoms.